The van der Waals surface area contributed by atoms with Crippen LogP contribution in [0.4, 0.5) is 22.0 Å². The Bertz CT molecular complexity index is 3130. The van der Waals surface area contributed by atoms with E-state index in [1.165, 1.54) is 4.90 Å². The number of pyridine rings is 1. The fourth-order valence-corrected chi connectivity index (χ4v) is 12.7. The van der Waals surface area contributed by atoms with Crippen molar-refractivity contribution in [2.75, 3.05) is 61.5 Å². The smallest absolute Gasteiger partial charge is 0.409 e. The van der Waals surface area contributed by atoms with Crippen molar-refractivity contribution in [1.82, 2.24) is 40.4 Å². The number of thiazole rings is 1. The van der Waals surface area contributed by atoms with Crippen LogP contribution < -0.4 is 30.3 Å². The zero-order chi connectivity index (χ0) is 55.6. The highest BCUT2D eigenvalue weighted by atomic mass is 32.1. The zero-order valence-electron chi connectivity index (χ0n) is 45.4. The molecule has 2 aromatic carbocycles. The summed E-state index contributed by atoms with van der Waals surface area (Å²) in [7, 11) is 0. The van der Waals surface area contributed by atoms with E-state index in [0.29, 0.717) is 48.9 Å². The first-order valence-corrected chi connectivity index (χ1v) is 28.6. The molecule has 11 rings (SSSR count). The summed E-state index contributed by atoms with van der Waals surface area (Å²) in [6.07, 6.45) is 5.72. The van der Waals surface area contributed by atoms with E-state index in [1.807, 2.05) is 87.9 Å². The maximum atomic E-state index is 14.2. The number of carbonyl (C=O) groups excluding carboxylic acids is 3. The van der Waals surface area contributed by atoms with Gasteiger partial charge in [0.25, 0.3) is 5.88 Å². The highest BCUT2D eigenvalue weighted by molar-refractivity contribution is 7.13. The molecule has 4 aliphatic heterocycles. The van der Waals surface area contributed by atoms with E-state index >= 15 is 0 Å². The van der Waals surface area contributed by atoms with Gasteiger partial charge in [-0.3, -0.25) is 9.59 Å². The maximum Gasteiger partial charge on any atom is 0.409 e. The number of benzene rings is 2. The van der Waals surface area contributed by atoms with Gasteiger partial charge in [0.2, 0.25) is 17.7 Å². The molecular formula is C58H69N11O10S. The largest absolute Gasteiger partial charge is 0.507 e. The molecule has 3 amide bonds. The lowest BCUT2D eigenvalue weighted by Gasteiger charge is -2.43. The number of para-hydroxylation sites is 1. The molecule has 5 N–H and O–H groups in total. The minimum Gasteiger partial charge on any atom is -0.507 e. The average Bonchev–Trinajstić information content (AvgIpc) is 4.30. The SMILES string of the molecule is Cc1ncsc1-c1ccc([C@H](C)NC(=O)[C@@H]2C[C@@H](O)CN2C(=O)[C@@H](c2cc(OCCOC(=O)N3CCC(OC4CC(Oc5cc(N6C7CCC6CN(c6cc(-c8ccccc8O)nnc6N)C7)ccn5)C4)CC3)no2)C(C)C)cc1. The number of aliphatic hydroxyl groups is 1. The van der Waals surface area contributed by atoms with Crippen LogP contribution in [0.5, 0.6) is 17.5 Å². The number of nitrogens with one attached hydrogen (secondary N) is 1. The summed E-state index contributed by atoms with van der Waals surface area (Å²) in [6, 6.07) is 21.9. The first-order chi connectivity index (χ1) is 38.7. The summed E-state index contributed by atoms with van der Waals surface area (Å²) in [4.78, 5) is 58.9. The Morgan fingerprint density at radius 3 is 2.35 bits per heavy atom. The summed E-state index contributed by atoms with van der Waals surface area (Å²) in [5.74, 6) is -0.231. The van der Waals surface area contributed by atoms with Gasteiger partial charge in [-0.2, -0.15) is 0 Å². The highest BCUT2D eigenvalue weighted by Gasteiger charge is 2.45. The number of piperidine rings is 1. The second-order valence-electron chi connectivity index (χ2n) is 22.0. The van der Waals surface area contributed by atoms with Crippen molar-refractivity contribution >= 4 is 46.4 Å². The maximum absolute atomic E-state index is 14.2. The van der Waals surface area contributed by atoms with Crippen molar-refractivity contribution in [3.05, 3.63) is 102 Å². The number of piperazine rings is 1. The lowest BCUT2D eigenvalue weighted by Crippen LogP contribution is -2.54. The number of nitrogens with zero attached hydrogens (tertiary/aromatic N) is 9. The van der Waals surface area contributed by atoms with Gasteiger partial charge in [0.15, 0.2) is 11.6 Å². The average molecular weight is 1110 g/mol. The Hall–Kier alpha value is -7.56. The third kappa shape index (κ3) is 11.8. The molecule has 4 aromatic heterocycles. The number of ether oxygens (including phenoxy) is 4. The Labute approximate surface area is 468 Å². The lowest BCUT2D eigenvalue weighted by molar-refractivity contribution is -0.141. The van der Waals surface area contributed by atoms with E-state index in [2.05, 4.69) is 46.5 Å². The number of aromatic nitrogens is 5. The van der Waals surface area contributed by atoms with Crippen molar-refractivity contribution in [3.8, 4) is 39.2 Å². The Balaban J connectivity index is 0.587. The summed E-state index contributed by atoms with van der Waals surface area (Å²) in [5.41, 5.74) is 14.2. The Morgan fingerprint density at radius 2 is 1.62 bits per heavy atom. The van der Waals surface area contributed by atoms with Gasteiger partial charge in [-0.1, -0.05) is 50.2 Å². The Morgan fingerprint density at radius 1 is 0.863 bits per heavy atom. The third-order valence-electron chi connectivity index (χ3n) is 16.2. The molecule has 8 heterocycles. The van der Waals surface area contributed by atoms with Crippen molar-refractivity contribution in [3.63, 3.8) is 0 Å². The summed E-state index contributed by atoms with van der Waals surface area (Å²) in [5, 5.41) is 36.8. The van der Waals surface area contributed by atoms with Crippen LogP contribution >= 0.6 is 11.3 Å². The molecule has 5 fully saturated rings. The number of likely N-dealkylation sites (tertiary alicyclic amines) is 2. The number of phenolic OH excluding ortho intramolecular Hbond substituents is 1. The van der Waals surface area contributed by atoms with E-state index in [1.54, 1.807) is 34.4 Å². The van der Waals surface area contributed by atoms with Crippen molar-refractivity contribution in [2.45, 2.75) is 127 Å². The number of carbonyl (C=O) groups is 3. The third-order valence-corrected chi connectivity index (χ3v) is 17.2. The highest BCUT2D eigenvalue weighted by Crippen LogP contribution is 2.41. The van der Waals surface area contributed by atoms with E-state index in [-0.39, 0.29) is 97.7 Å². The number of fused-ring (bicyclic) bond motifs is 2. The van der Waals surface area contributed by atoms with E-state index in [4.69, 9.17) is 29.2 Å². The van der Waals surface area contributed by atoms with Crippen LogP contribution in [0.15, 0.2) is 89.0 Å². The van der Waals surface area contributed by atoms with Crippen LogP contribution in [-0.2, 0) is 19.1 Å². The number of nitrogen functional groups attached to an aromatic ring is 1. The van der Waals surface area contributed by atoms with Crippen LogP contribution in [-0.4, -0.2) is 152 Å². The number of aliphatic hydroxyl groups excluding tert-OH is 1. The number of anilines is 3. The monoisotopic (exact) mass is 1110 g/mol. The van der Waals surface area contributed by atoms with Crippen LogP contribution in [0, 0.1) is 12.8 Å². The van der Waals surface area contributed by atoms with Crippen molar-refractivity contribution in [2.24, 2.45) is 5.92 Å². The summed E-state index contributed by atoms with van der Waals surface area (Å²) < 4.78 is 29.8. The molecule has 1 aliphatic carbocycles. The molecule has 2 unspecified atom stereocenters. The predicted molar refractivity (Wildman–Crippen MR) is 298 cm³/mol. The van der Waals surface area contributed by atoms with Crippen molar-refractivity contribution < 1.29 is 48.1 Å². The molecule has 6 atom stereocenters. The van der Waals surface area contributed by atoms with Crippen LogP contribution in [0.1, 0.15) is 94.7 Å². The number of aryl methyl sites for hydroxylation is 1. The molecule has 2 bridgehead atoms. The molecular weight excluding hydrogens is 1040 g/mol. The molecule has 1 saturated carbocycles. The minimum absolute atomic E-state index is 0.000595. The standard InChI is InChI=1S/C58H69N11O10S/c1-33(2)53(57(73)68-31-41(70)24-48(68)56(72)62-34(3)36-9-11-37(12-10-36)54-35(4)61-32-80-54)50-28-52(65-79-50)75-21-22-76-58(74)66-19-16-42(17-20-66)77-43-25-44(26-43)78-51-23-38(15-18-60-51)69-39-13-14-40(69)30-67(29-39)47-27-46(63-64-55(47)59)45-7-5-6-8-49(45)71/h5-12,15,18,23,27-28,32-34,39-44,48,53,70-71H,13-14,16-17,19-22,24-26,29-31H2,1-4H3,(H2,59,64)(H,62,72)/t34-,39?,40?,41+,43?,44?,48-,53+/m0/s1. The number of aromatic hydroxyl groups is 1. The molecule has 0 spiro atoms. The number of hydrogen-bond donors (Lipinski definition) is 4. The van der Waals surface area contributed by atoms with Gasteiger partial charge in [0, 0.05) is 93.7 Å². The fourth-order valence-electron chi connectivity index (χ4n) is 11.9. The van der Waals surface area contributed by atoms with E-state index in [0.717, 1.165) is 71.8 Å². The normalized spacial score (nSPS) is 22.7. The molecule has 22 heteroatoms. The van der Waals surface area contributed by atoms with Gasteiger partial charge < -0.3 is 64.3 Å². The number of β-amino-alcohol motifs (C(OH)–C–C–N with tert-alkyl or cyclic N) is 1. The summed E-state index contributed by atoms with van der Waals surface area (Å²) >= 11 is 1.58. The summed E-state index contributed by atoms with van der Waals surface area (Å²) in [6.45, 7) is 10.2. The second-order valence-corrected chi connectivity index (χ2v) is 22.8. The van der Waals surface area contributed by atoms with Gasteiger partial charge in [-0.25, -0.2) is 14.8 Å². The Kier molecular flexibility index (Phi) is 16.1. The molecule has 422 valence electrons. The van der Waals surface area contributed by atoms with Crippen molar-refractivity contribution in [1.29, 1.82) is 0 Å². The molecule has 5 aliphatic rings. The van der Waals surface area contributed by atoms with E-state index < -0.39 is 24.2 Å². The number of phenols is 1. The molecule has 4 saturated heterocycles. The quantitative estimate of drug-likeness (QED) is 0.0616. The van der Waals surface area contributed by atoms with Gasteiger partial charge >= 0.3 is 6.09 Å². The fraction of sp³-hybridized carbons (Fsp3) is 0.483. The van der Waals surface area contributed by atoms with Gasteiger partial charge in [-0.15, -0.1) is 21.5 Å². The van der Waals surface area contributed by atoms with Gasteiger partial charge in [-0.05, 0) is 86.0 Å². The number of nitrogens with two attached hydrogens (primary N) is 1. The predicted octanol–water partition coefficient (Wildman–Crippen LogP) is 7.29. The minimum atomic E-state index is -0.873. The molecule has 0 radical (unpaired) electrons. The number of amides is 3. The van der Waals surface area contributed by atoms with Gasteiger partial charge in [0.05, 0.1) is 51.8 Å². The van der Waals surface area contributed by atoms with Gasteiger partial charge in [0.1, 0.15) is 37.0 Å². The first kappa shape index (κ1) is 54.4. The van der Waals surface area contributed by atoms with Crippen LogP contribution in [0.3, 0.4) is 0 Å². The number of hydrogen-bond acceptors (Lipinski definition) is 19. The first-order valence-electron chi connectivity index (χ1n) is 27.8. The molecule has 6 aromatic rings. The second kappa shape index (κ2) is 23.6. The molecule has 21 nitrogen and oxygen atoms in total. The van der Waals surface area contributed by atoms with Crippen LogP contribution in [0.2, 0.25) is 0 Å². The van der Waals surface area contributed by atoms with Crippen LogP contribution in [0.25, 0.3) is 21.7 Å². The molecule has 80 heavy (non-hydrogen) atoms. The van der Waals surface area contributed by atoms with E-state index in [9.17, 15) is 24.6 Å². The topological polar surface area (TPSA) is 257 Å². The number of rotatable bonds is 18. The zero-order valence-corrected chi connectivity index (χ0v) is 46.2. The lowest BCUT2D eigenvalue weighted by atomic mass is 9.91.